The Labute approximate surface area is 121 Å². The van der Waals surface area contributed by atoms with E-state index in [1.165, 1.54) is 18.3 Å². The molecule has 1 aliphatic rings. The molecule has 0 saturated carbocycles. The van der Waals surface area contributed by atoms with Crippen LogP contribution in [0.5, 0.6) is 0 Å². The molecule has 1 atom stereocenters. The van der Waals surface area contributed by atoms with Crippen LogP contribution in [0.4, 0.5) is 18.9 Å². The highest BCUT2D eigenvalue weighted by atomic mass is 32.1. The van der Waals surface area contributed by atoms with Crippen LogP contribution in [0.1, 0.15) is 23.0 Å². The van der Waals surface area contributed by atoms with Gasteiger partial charge in [0.25, 0.3) is 5.91 Å². The Kier molecular flexibility index (Phi) is 2.97. The number of nitrogens with one attached hydrogen (secondary N) is 3. The van der Waals surface area contributed by atoms with Crippen molar-refractivity contribution >= 4 is 22.9 Å². The van der Waals surface area contributed by atoms with E-state index in [4.69, 9.17) is 0 Å². The van der Waals surface area contributed by atoms with Crippen molar-refractivity contribution in [1.82, 2.24) is 15.5 Å². The van der Waals surface area contributed by atoms with Gasteiger partial charge in [-0.1, -0.05) is 0 Å². The monoisotopic (exact) mass is 316 g/mol. The molecule has 3 heterocycles. The molecule has 0 spiro atoms. The Morgan fingerprint density at radius 3 is 2.76 bits per heavy atom. The number of rotatable bonds is 2. The van der Waals surface area contributed by atoms with Gasteiger partial charge in [0.2, 0.25) is 0 Å². The summed E-state index contributed by atoms with van der Waals surface area (Å²) in [7, 11) is 0. The van der Waals surface area contributed by atoms with Gasteiger partial charge in [-0.05, 0) is 13.0 Å². The van der Waals surface area contributed by atoms with Gasteiger partial charge < -0.3 is 10.6 Å². The zero-order chi connectivity index (χ0) is 15.3. The van der Waals surface area contributed by atoms with Crippen molar-refractivity contribution in [2.24, 2.45) is 0 Å². The number of hydrogen-bond donors (Lipinski definition) is 3. The van der Waals surface area contributed by atoms with Crippen molar-refractivity contribution in [3.05, 3.63) is 23.3 Å². The van der Waals surface area contributed by atoms with E-state index in [1.807, 2.05) is 0 Å². The number of amides is 1. The van der Waals surface area contributed by atoms with E-state index in [0.717, 1.165) is 10.4 Å². The number of aromatic amines is 1. The number of hydrogen-bond acceptors (Lipinski definition) is 4. The highest BCUT2D eigenvalue weighted by Gasteiger charge is 2.43. The Balaban J connectivity index is 1.94. The maximum Gasteiger partial charge on any atom is 0.393 e. The van der Waals surface area contributed by atoms with E-state index < -0.39 is 24.2 Å². The molecule has 21 heavy (non-hydrogen) atoms. The third-order valence-corrected chi connectivity index (χ3v) is 4.26. The van der Waals surface area contributed by atoms with Crippen LogP contribution in [0.15, 0.2) is 18.5 Å². The predicted molar refractivity (Wildman–Crippen MR) is 72.1 cm³/mol. The van der Waals surface area contributed by atoms with Crippen LogP contribution in [-0.4, -0.2) is 27.9 Å². The van der Waals surface area contributed by atoms with E-state index in [1.54, 1.807) is 18.5 Å². The van der Waals surface area contributed by atoms with Crippen LogP contribution in [0.25, 0.3) is 10.4 Å². The van der Waals surface area contributed by atoms with Crippen LogP contribution < -0.4 is 10.6 Å². The molecule has 2 aromatic rings. The highest BCUT2D eigenvalue weighted by molar-refractivity contribution is 7.18. The number of anilines is 1. The van der Waals surface area contributed by atoms with Gasteiger partial charge in [0.05, 0.1) is 18.3 Å². The number of H-pyrrole nitrogens is 1. The number of alkyl halides is 3. The lowest BCUT2D eigenvalue weighted by molar-refractivity contribution is -0.145. The van der Waals surface area contributed by atoms with Crippen LogP contribution in [0.2, 0.25) is 0 Å². The predicted octanol–water partition coefficient (Wildman–Crippen LogP) is 2.96. The van der Waals surface area contributed by atoms with Crippen LogP contribution in [0.3, 0.4) is 0 Å². The molecule has 9 heteroatoms. The van der Waals surface area contributed by atoms with Gasteiger partial charge >= 0.3 is 6.18 Å². The Morgan fingerprint density at radius 2 is 2.14 bits per heavy atom. The highest BCUT2D eigenvalue weighted by Crippen LogP contribution is 2.39. The minimum atomic E-state index is -4.38. The lowest BCUT2D eigenvalue weighted by atomic mass is 10.0. The van der Waals surface area contributed by atoms with E-state index >= 15 is 0 Å². The fraction of sp³-hybridized carbons (Fsp3) is 0.333. The second kappa shape index (κ2) is 4.48. The lowest BCUT2D eigenvalue weighted by Gasteiger charge is -2.36. The van der Waals surface area contributed by atoms with Gasteiger partial charge in [-0.25, -0.2) is 0 Å². The zero-order valence-electron chi connectivity index (χ0n) is 10.8. The number of thiophene rings is 1. The van der Waals surface area contributed by atoms with E-state index in [0.29, 0.717) is 10.6 Å². The number of fused-ring (bicyclic) bond motifs is 1. The van der Waals surface area contributed by atoms with Crippen LogP contribution in [-0.2, 0) is 0 Å². The topological polar surface area (TPSA) is 69.8 Å². The number of halogens is 3. The van der Waals surface area contributed by atoms with Gasteiger partial charge in [0.15, 0.2) is 0 Å². The molecule has 0 bridgehead atoms. The average molecular weight is 316 g/mol. The number of nitrogens with zero attached hydrogens (tertiary/aromatic N) is 1. The summed E-state index contributed by atoms with van der Waals surface area (Å²) in [5, 5.41) is 11.6. The van der Waals surface area contributed by atoms with Gasteiger partial charge in [-0.3, -0.25) is 9.89 Å². The molecule has 112 valence electrons. The molecule has 2 aromatic heterocycles. The quantitative estimate of drug-likeness (QED) is 0.798. The fourth-order valence-corrected chi connectivity index (χ4v) is 3.30. The molecule has 1 unspecified atom stereocenters. The third-order valence-electron chi connectivity index (χ3n) is 3.08. The first-order valence-corrected chi connectivity index (χ1v) is 6.88. The number of carbonyl (C=O) groups is 1. The molecule has 0 radical (unpaired) electrons. The van der Waals surface area contributed by atoms with Gasteiger partial charge in [-0.2, -0.15) is 18.3 Å². The van der Waals surface area contributed by atoms with Gasteiger partial charge in [-0.15, -0.1) is 11.3 Å². The molecule has 3 rings (SSSR count). The Bertz CT molecular complexity index is 679. The Hall–Kier alpha value is -2.03. The maximum absolute atomic E-state index is 12.6. The molecule has 1 amide bonds. The summed E-state index contributed by atoms with van der Waals surface area (Å²) in [6.07, 6.45) is -2.29. The first kappa shape index (κ1) is 13.9. The third kappa shape index (κ3) is 2.73. The van der Waals surface area contributed by atoms with E-state index in [-0.39, 0.29) is 0 Å². The number of aromatic nitrogens is 2. The molecule has 3 N–H and O–H groups in total. The summed E-state index contributed by atoms with van der Waals surface area (Å²) in [6.45, 7) is 1.32. The summed E-state index contributed by atoms with van der Waals surface area (Å²) in [5.74, 6) is -0.504. The average Bonchev–Trinajstić information content (AvgIpc) is 2.91. The van der Waals surface area contributed by atoms with Crippen molar-refractivity contribution in [1.29, 1.82) is 0 Å². The summed E-state index contributed by atoms with van der Waals surface area (Å²) < 4.78 is 37.8. The second-order valence-electron chi connectivity index (χ2n) is 5.04. The summed E-state index contributed by atoms with van der Waals surface area (Å²) in [6, 6.07) is 1.66. The fourth-order valence-electron chi connectivity index (χ4n) is 2.31. The SMILES string of the molecule is CC1(CC(F)(F)F)NC(=O)c2sc(-c3cn[nH]c3)cc2N1. The largest absolute Gasteiger partial charge is 0.393 e. The minimum absolute atomic E-state index is 0.367. The summed E-state index contributed by atoms with van der Waals surface area (Å²) in [4.78, 5) is 13.2. The lowest BCUT2D eigenvalue weighted by Crippen LogP contribution is -2.57. The maximum atomic E-state index is 12.6. The van der Waals surface area contributed by atoms with Crippen LogP contribution >= 0.6 is 11.3 Å². The molecule has 5 nitrogen and oxygen atoms in total. The molecular formula is C12H11F3N4OS. The first-order valence-electron chi connectivity index (χ1n) is 6.06. The first-order chi connectivity index (χ1) is 9.76. The van der Waals surface area contributed by atoms with E-state index in [2.05, 4.69) is 20.8 Å². The minimum Gasteiger partial charge on any atom is -0.361 e. The second-order valence-corrected chi connectivity index (χ2v) is 6.10. The summed E-state index contributed by atoms with van der Waals surface area (Å²) in [5.41, 5.74) is -0.356. The van der Waals surface area contributed by atoms with Crippen LogP contribution in [0, 0.1) is 0 Å². The van der Waals surface area contributed by atoms with Crippen molar-refractivity contribution < 1.29 is 18.0 Å². The van der Waals surface area contributed by atoms with Gasteiger partial charge in [0.1, 0.15) is 10.5 Å². The zero-order valence-corrected chi connectivity index (χ0v) is 11.7. The normalized spacial score (nSPS) is 21.6. The Morgan fingerprint density at radius 1 is 1.38 bits per heavy atom. The molecule has 0 aromatic carbocycles. The molecule has 0 fully saturated rings. The van der Waals surface area contributed by atoms with Gasteiger partial charge in [0, 0.05) is 16.6 Å². The smallest absolute Gasteiger partial charge is 0.361 e. The molecular weight excluding hydrogens is 305 g/mol. The van der Waals surface area contributed by atoms with E-state index in [9.17, 15) is 18.0 Å². The number of carbonyl (C=O) groups excluding carboxylic acids is 1. The van der Waals surface area contributed by atoms with Crippen molar-refractivity contribution in [2.45, 2.75) is 25.2 Å². The summed E-state index contributed by atoms with van der Waals surface area (Å²) >= 11 is 1.20. The van der Waals surface area contributed by atoms with Crippen molar-refractivity contribution in [3.63, 3.8) is 0 Å². The van der Waals surface area contributed by atoms with Crippen molar-refractivity contribution in [3.8, 4) is 10.4 Å². The van der Waals surface area contributed by atoms with Crippen molar-refractivity contribution in [2.75, 3.05) is 5.32 Å². The molecule has 0 saturated heterocycles. The molecule has 0 aliphatic carbocycles. The molecule has 1 aliphatic heterocycles. The standard InChI is InChI=1S/C12H11F3N4OS/c1-11(5-12(13,14)15)18-7-2-8(6-3-16-17-4-6)21-9(7)10(20)19-11/h2-4,18H,5H2,1H3,(H,16,17)(H,19,20).